The Hall–Kier alpha value is -1.32. The van der Waals surface area contributed by atoms with Gasteiger partial charge in [0, 0.05) is 36.8 Å². The highest BCUT2D eigenvalue weighted by Gasteiger charge is 2.10. The van der Waals surface area contributed by atoms with Gasteiger partial charge in [-0.1, -0.05) is 13.0 Å². The Morgan fingerprint density at radius 1 is 1.26 bits per heavy atom. The number of methoxy groups -OCH3 is 1. The van der Waals surface area contributed by atoms with Crippen molar-refractivity contribution in [3.63, 3.8) is 0 Å². The minimum Gasteiger partial charge on any atom is -0.383 e. The zero-order chi connectivity index (χ0) is 13.8. The molecule has 0 bridgehead atoms. The second-order valence-electron chi connectivity index (χ2n) is 4.99. The zero-order valence-electron chi connectivity index (χ0n) is 12.4. The molecule has 2 aromatic rings. The summed E-state index contributed by atoms with van der Waals surface area (Å²) in [4.78, 5) is 0. The number of nitrogens with one attached hydrogen (secondary N) is 1. The highest BCUT2D eigenvalue weighted by molar-refractivity contribution is 5.86. The maximum atomic E-state index is 5.20. The summed E-state index contributed by atoms with van der Waals surface area (Å²) in [6.07, 6.45) is 0. The summed E-state index contributed by atoms with van der Waals surface area (Å²) in [6.45, 7) is 10.1. The lowest BCUT2D eigenvalue weighted by molar-refractivity contribution is 0.188. The van der Waals surface area contributed by atoms with E-state index < -0.39 is 0 Å². The van der Waals surface area contributed by atoms with Gasteiger partial charge in [0.1, 0.15) is 0 Å². The van der Waals surface area contributed by atoms with E-state index in [2.05, 4.69) is 48.9 Å². The van der Waals surface area contributed by atoms with Gasteiger partial charge < -0.3 is 14.6 Å². The largest absolute Gasteiger partial charge is 0.383 e. The van der Waals surface area contributed by atoms with Gasteiger partial charge in [0.15, 0.2) is 0 Å². The van der Waals surface area contributed by atoms with E-state index in [9.17, 15) is 0 Å². The molecule has 104 valence electrons. The number of aryl methyl sites for hydroxylation is 1. The summed E-state index contributed by atoms with van der Waals surface area (Å²) in [5, 5.41) is 4.74. The molecule has 0 saturated heterocycles. The first-order valence-corrected chi connectivity index (χ1v) is 6.97. The van der Waals surface area contributed by atoms with E-state index in [-0.39, 0.29) is 0 Å². The Bertz CT molecular complexity index is 557. The van der Waals surface area contributed by atoms with Crippen molar-refractivity contribution in [3.05, 3.63) is 35.0 Å². The predicted octanol–water partition coefficient (Wildman–Crippen LogP) is 3.01. The number of aromatic nitrogens is 1. The molecule has 1 aromatic carbocycles. The maximum absolute atomic E-state index is 5.20. The molecule has 0 saturated carbocycles. The van der Waals surface area contributed by atoms with Crippen molar-refractivity contribution in [3.8, 4) is 0 Å². The second-order valence-corrected chi connectivity index (χ2v) is 4.99. The first-order valence-electron chi connectivity index (χ1n) is 6.97. The van der Waals surface area contributed by atoms with Gasteiger partial charge in [-0.05, 0) is 43.7 Å². The molecule has 0 unspecified atom stereocenters. The summed E-state index contributed by atoms with van der Waals surface area (Å²) < 4.78 is 7.56. The molecule has 0 spiro atoms. The smallest absolute Gasteiger partial charge is 0.0642 e. The van der Waals surface area contributed by atoms with Gasteiger partial charge in [-0.15, -0.1) is 0 Å². The monoisotopic (exact) mass is 260 g/mol. The van der Waals surface area contributed by atoms with Crippen molar-refractivity contribution >= 4 is 10.9 Å². The molecule has 0 amide bonds. The number of fused-ring (bicyclic) bond motifs is 1. The van der Waals surface area contributed by atoms with Gasteiger partial charge in [-0.3, -0.25) is 0 Å². The van der Waals surface area contributed by atoms with Gasteiger partial charge in [-0.25, -0.2) is 0 Å². The highest BCUT2D eigenvalue weighted by Crippen LogP contribution is 2.26. The van der Waals surface area contributed by atoms with Crippen LogP contribution < -0.4 is 5.32 Å². The average Bonchev–Trinajstić information content (AvgIpc) is 2.67. The van der Waals surface area contributed by atoms with Gasteiger partial charge in [0.25, 0.3) is 0 Å². The van der Waals surface area contributed by atoms with Gasteiger partial charge in [0.2, 0.25) is 0 Å². The third-order valence-electron chi connectivity index (χ3n) is 3.80. The fourth-order valence-corrected chi connectivity index (χ4v) is 2.55. The van der Waals surface area contributed by atoms with E-state index in [0.29, 0.717) is 0 Å². The summed E-state index contributed by atoms with van der Waals surface area (Å²) >= 11 is 0. The minimum atomic E-state index is 0.753. The summed E-state index contributed by atoms with van der Waals surface area (Å²) in [5.41, 5.74) is 5.38. The topological polar surface area (TPSA) is 26.2 Å². The van der Waals surface area contributed by atoms with Crippen LogP contribution in [0.2, 0.25) is 0 Å². The van der Waals surface area contributed by atoms with Crippen molar-refractivity contribution in [2.75, 3.05) is 20.3 Å². The molecule has 1 aromatic heterocycles. The van der Waals surface area contributed by atoms with Crippen LogP contribution in [0.25, 0.3) is 10.9 Å². The van der Waals surface area contributed by atoms with E-state index >= 15 is 0 Å². The molecule has 0 fully saturated rings. The number of nitrogens with zero attached hydrogens (tertiary/aromatic N) is 1. The van der Waals surface area contributed by atoms with E-state index in [1.165, 1.54) is 27.7 Å². The van der Waals surface area contributed by atoms with Crippen LogP contribution in [0.1, 0.15) is 23.7 Å². The lowest BCUT2D eigenvalue weighted by Gasteiger charge is -2.08. The first-order chi connectivity index (χ1) is 9.19. The molecule has 2 rings (SSSR count). The molecular formula is C16H24N2O. The van der Waals surface area contributed by atoms with E-state index in [4.69, 9.17) is 4.74 Å². The molecule has 1 N–H and O–H groups in total. The van der Waals surface area contributed by atoms with Crippen LogP contribution >= 0.6 is 0 Å². The minimum absolute atomic E-state index is 0.753. The Morgan fingerprint density at radius 3 is 2.74 bits per heavy atom. The summed E-state index contributed by atoms with van der Waals surface area (Å²) in [7, 11) is 1.75. The molecule has 0 aliphatic rings. The van der Waals surface area contributed by atoms with Crippen LogP contribution in [-0.2, 0) is 17.8 Å². The van der Waals surface area contributed by atoms with E-state index in [1.54, 1.807) is 7.11 Å². The van der Waals surface area contributed by atoms with Crippen molar-refractivity contribution in [1.29, 1.82) is 0 Å². The normalized spacial score (nSPS) is 11.4. The van der Waals surface area contributed by atoms with Crippen LogP contribution in [0, 0.1) is 13.8 Å². The fourth-order valence-electron chi connectivity index (χ4n) is 2.55. The maximum Gasteiger partial charge on any atom is 0.0642 e. The molecule has 3 heteroatoms. The molecule has 19 heavy (non-hydrogen) atoms. The number of hydrogen-bond acceptors (Lipinski definition) is 2. The van der Waals surface area contributed by atoms with Crippen molar-refractivity contribution in [2.24, 2.45) is 0 Å². The quantitative estimate of drug-likeness (QED) is 0.864. The SMILES string of the molecule is CCNCc1ccc2c(c1)c(C)c(C)n2CCOC. The van der Waals surface area contributed by atoms with Crippen LogP contribution in [0.5, 0.6) is 0 Å². The van der Waals surface area contributed by atoms with Crippen LogP contribution in [0.4, 0.5) is 0 Å². The molecule has 1 heterocycles. The van der Waals surface area contributed by atoms with Crippen molar-refractivity contribution in [1.82, 2.24) is 9.88 Å². The first kappa shape index (κ1) is 14.1. The molecule has 0 aliphatic carbocycles. The molecular weight excluding hydrogens is 236 g/mol. The Balaban J connectivity index is 2.40. The van der Waals surface area contributed by atoms with Crippen LogP contribution in [-0.4, -0.2) is 24.8 Å². The lowest BCUT2D eigenvalue weighted by Crippen LogP contribution is -2.11. The predicted molar refractivity (Wildman–Crippen MR) is 80.7 cm³/mol. The van der Waals surface area contributed by atoms with Crippen LogP contribution in [0.15, 0.2) is 18.2 Å². The fraction of sp³-hybridized carbons (Fsp3) is 0.500. The Labute approximate surface area is 115 Å². The Kier molecular flexibility index (Phi) is 4.61. The van der Waals surface area contributed by atoms with E-state index in [1.807, 2.05) is 0 Å². The second kappa shape index (κ2) is 6.22. The number of ether oxygens (including phenoxy) is 1. The van der Waals surface area contributed by atoms with Gasteiger partial charge in [0.05, 0.1) is 6.61 Å². The summed E-state index contributed by atoms with van der Waals surface area (Å²) in [5.74, 6) is 0. The summed E-state index contributed by atoms with van der Waals surface area (Å²) in [6, 6.07) is 6.76. The standard InChI is InChI=1S/C16H24N2O/c1-5-17-11-14-6-7-16-15(10-14)12(2)13(3)18(16)8-9-19-4/h6-7,10,17H,5,8-9,11H2,1-4H3. The number of benzene rings is 1. The lowest BCUT2D eigenvalue weighted by atomic mass is 10.1. The number of hydrogen-bond donors (Lipinski definition) is 1. The Morgan fingerprint density at radius 2 is 2.05 bits per heavy atom. The molecule has 0 radical (unpaired) electrons. The molecule has 0 atom stereocenters. The van der Waals surface area contributed by atoms with Crippen LogP contribution in [0.3, 0.4) is 0 Å². The van der Waals surface area contributed by atoms with Gasteiger partial charge >= 0.3 is 0 Å². The third kappa shape index (κ3) is 2.82. The van der Waals surface area contributed by atoms with Crippen molar-refractivity contribution in [2.45, 2.75) is 33.9 Å². The molecule has 0 aliphatic heterocycles. The zero-order valence-corrected chi connectivity index (χ0v) is 12.4. The average molecular weight is 260 g/mol. The molecule has 3 nitrogen and oxygen atoms in total. The number of rotatable bonds is 6. The highest BCUT2D eigenvalue weighted by atomic mass is 16.5. The van der Waals surface area contributed by atoms with Gasteiger partial charge in [-0.2, -0.15) is 0 Å². The third-order valence-corrected chi connectivity index (χ3v) is 3.80. The van der Waals surface area contributed by atoms with Crippen molar-refractivity contribution < 1.29 is 4.74 Å². The van der Waals surface area contributed by atoms with E-state index in [0.717, 1.165) is 26.2 Å².